The van der Waals surface area contributed by atoms with Crippen molar-refractivity contribution in [1.82, 2.24) is 4.72 Å². The standard InChI is InChI=1S/C14H22N2O3S/c15-13-10-12(8-9-14(13)17)20(18,19)16-11-6-4-2-1-3-5-7-11/h8-11,16-17H,1-7,15H2. The highest BCUT2D eigenvalue weighted by atomic mass is 32.2. The van der Waals surface area contributed by atoms with Crippen molar-refractivity contribution >= 4 is 15.7 Å². The number of rotatable bonds is 3. The molecular weight excluding hydrogens is 276 g/mol. The molecule has 4 N–H and O–H groups in total. The highest BCUT2D eigenvalue weighted by molar-refractivity contribution is 7.89. The van der Waals surface area contributed by atoms with Crippen molar-refractivity contribution in [2.75, 3.05) is 5.73 Å². The average Bonchev–Trinajstić information content (AvgIpc) is 2.35. The highest BCUT2D eigenvalue weighted by Crippen LogP contribution is 2.24. The minimum Gasteiger partial charge on any atom is -0.506 e. The van der Waals surface area contributed by atoms with Gasteiger partial charge in [-0.1, -0.05) is 32.1 Å². The summed E-state index contributed by atoms with van der Waals surface area (Å²) in [5, 5.41) is 9.36. The molecule has 2 rings (SSSR count). The van der Waals surface area contributed by atoms with Crippen molar-refractivity contribution < 1.29 is 13.5 Å². The zero-order chi connectivity index (χ0) is 14.6. The Kier molecular flexibility index (Phi) is 4.88. The van der Waals surface area contributed by atoms with E-state index in [9.17, 15) is 13.5 Å². The second kappa shape index (κ2) is 6.45. The second-order valence-corrected chi connectivity index (χ2v) is 7.10. The third-order valence-corrected chi connectivity index (χ3v) is 5.25. The molecule has 0 aromatic heterocycles. The number of phenolic OH excluding ortho intramolecular Hbond substituents is 1. The van der Waals surface area contributed by atoms with Crippen LogP contribution in [0.5, 0.6) is 5.75 Å². The summed E-state index contributed by atoms with van der Waals surface area (Å²) in [6.07, 6.45) is 7.47. The third kappa shape index (κ3) is 3.86. The normalized spacial score (nSPS) is 18.4. The fraction of sp³-hybridized carbons (Fsp3) is 0.571. The molecule has 0 radical (unpaired) electrons. The van der Waals surface area contributed by atoms with Crippen LogP contribution in [0, 0.1) is 0 Å². The number of nitrogens with one attached hydrogen (secondary N) is 1. The number of nitrogen functional groups attached to an aromatic ring is 1. The van der Waals surface area contributed by atoms with Gasteiger partial charge in [0.05, 0.1) is 10.6 Å². The summed E-state index contributed by atoms with van der Waals surface area (Å²) in [6.45, 7) is 0. The Bertz CT molecular complexity index is 550. The van der Waals surface area contributed by atoms with E-state index in [4.69, 9.17) is 5.73 Å². The van der Waals surface area contributed by atoms with E-state index in [0.717, 1.165) is 25.7 Å². The predicted molar refractivity (Wildman–Crippen MR) is 78.9 cm³/mol. The maximum absolute atomic E-state index is 12.3. The van der Waals surface area contributed by atoms with Crippen LogP contribution in [0.25, 0.3) is 0 Å². The average molecular weight is 298 g/mol. The lowest BCUT2D eigenvalue weighted by molar-refractivity contribution is 0.426. The summed E-state index contributed by atoms with van der Waals surface area (Å²) in [4.78, 5) is 0.106. The number of benzene rings is 1. The van der Waals surface area contributed by atoms with Gasteiger partial charge in [-0.15, -0.1) is 0 Å². The minimum absolute atomic E-state index is 0.00433. The molecule has 0 unspecified atom stereocenters. The maximum Gasteiger partial charge on any atom is 0.240 e. The van der Waals surface area contributed by atoms with Crippen molar-refractivity contribution in [2.45, 2.75) is 55.9 Å². The van der Waals surface area contributed by atoms with Gasteiger partial charge in [0.2, 0.25) is 10.0 Å². The second-order valence-electron chi connectivity index (χ2n) is 5.38. The molecule has 0 atom stereocenters. The first-order valence-electron chi connectivity index (χ1n) is 7.10. The van der Waals surface area contributed by atoms with Crippen LogP contribution in [0.2, 0.25) is 0 Å². The molecule has 20 heavy (non-hydrogen) atoms. The first-order valence-corrected chi connectivity index (χ1v) is 8.58. The molecule has 1 saturated carbocycles. The number of hydrogen-bond donors (Lipinski definition) is 3. The number of phenols is 1. The van der Waals surface area contributed by atoms with Gasteiger partial charge in [0.15, 0.2) is 0 Å². The Hall–Kier alpha value is -1.27. The fourth-order valence-corrected chi connectivity index (χ4v) is 3.90. The Balaban J connectivity index is 2.10. The summed E-state index contributed by atoms with van der Waals surface area (Å²) in [6, 6.07) is 3.97. The SMILES string of the molecule is Nc1cc(S(=O)(=O)NC2CCCCCCC2)ccc1O. The van der Waals surface area contributed by atoms with Crippen LogP contribution in [0.15, 0.2) is 23.1 Å². The van der Waals surface area contributed by atoms with E-state index in [2.05, 4.69) is 4.72 Å². The zero-order valence-electron chi connectivity index (χ0n) is 11.5. The quantitative estimate of drug-likeness (QED) is 0.590. The lowest BCUT2D eigenvalue weighted by atomic mass is 9.97. The van der Waals surface area contributed by atoms with Crippen molar-refractivity contribution in [2.24, 2.45) is 0 Å². The summed E-state index contributed by atoms with van der Waals surface area (Å²) < 4.78 is 27.4. The monoisotopic (exact) mass is 298 g/mol. The van der Waals surface area contributed by atoms with Gasteiger partial charge in [0.1, 0.15) is 5.75 Å². The summed E-state index contributed by atoms with van der Waals surface area (Å²) >= 11 is 0. The van der Waals surface area contributed by atoms with Gasteiger partial charge in [0, 0.05) is 6.04 Å². The molecule has 0 spiro atoms. The van der Waals surface area contributed by atoms with E-state index in [-0.39, 0.29) is 22.4 Å². The minimum atomic E-state index is -3.57. The molecule has 1 aromatic carbocycles. The molecule has 0 amide bonds. The molecule has 1 aromatic rings. The van der Waals surface area contributed by atoms with E-state index in [1.165, 1.54) is 37.5 Å². The number of anilines is 1. The molecule has 6 heteroatoms. The molecule has 1 aliphatic rings. The van der Waals surface area contributed by atoms with Gasteiger partial charge in [-0.25, -0.2) is 13.1 Å². The molecule has 1 aliphatic carbocycles. The van der Waals surface area contributed by atoms with Crippen LogP contribution < -0.4 is 10.5 Å². The van der Waals surface area contributed by atoms with E-state index >= 15 is 0 Å². The smallest absolute Gasteiger partial charge is 0.240 e. The van der Waals surface area contributed by atoms with Crippen LogP contribution in [0.3, 0.4) is 0 Å². The number of nitrogens with two attached hydrogens (primary N) is 1. The van der Waals surface area contributed by atoms with Crippen LogP contribution in [-0.4, -0.2) is 19.6 Å². The van der Waals surface area contributed by atoms with Gasteiger partial charge in [-0.05, 0) is 31.0 Å². The summed E-state index contributed by atoms with van der Waals surface area (Å²) in [5.41, 5.74) is 5.63. The first-order chi connectivity index (χ1) is 9.49. The van der Waals surface area contributed by atoms with Crippen LogP contribution in [0.4, 0.5) is 5.69 Å². The molecular formula is C14H22N2O3S. The Labute approximate surface area is 120 Å². The number of hydrogen-bond acceptors (Lipinski definition) is 4. The maximum atomic E-state index is 12.3. The van der Waals surface area contributed by atoms with Gasteiger partial charge in [0.25, 0.3) is 0 Å². The van der Waals surface area contributed by atoms with Crippen molar-refractivity contribution in [3.05, 3.63) is 18.2 Å². The van der Waals surface area contributed by atoms with Crippen molar-refractivity contribution in [3.8, 4) is 5.75 Å². The van der Waals surface area contributed by atoms with Gasteiger partial charge < -0.3 is 10.8 Å². The molecule has 0 saturated heterocycles. The van der Waals surface area contributed by atoms with E-state index in [1.54, 1.807) is 0 Å². The van der Waals surface area contributed by atoms with E-state index < -0.39 is 10.0 Å². The lowest BCUT2D eigenvalue weighted by Gasteiger charge is -2.21. The molecule has 0 aliphatic heterocycles. The number of sulfonamides is 1. The Morgan fingerprint density at radius 1 is 1.10 bits per heavy atom. The van der Waals surface area contributed by atoms with E-state index in [1.807, 2.05) is 0 Å². The molecule has 1 fully saturated rings. The Morgan fingerprint density at radius 2 is 1.70 bits per heavy atom. The number of aromatic hydroxyl groups is 1. The van der Waals surface area contributed by atoms with E-state index in [0.29, 0.717) is 0 Å². The molecule has 0 bridgehead atoms. The molecule has 112 valence electrons. The zero-order valence-corrected chi connectivity index (χ0v) is 12.3. The van der Waals surface area contributed by atoms with Crippen LogP contribution in [0.1, 0.15) is 44.9 Å². The lowest BCUT2D eigenvalue weighted by Crippen LogP contribution is -2.35. The summed E-state index contributed by atoms with van der Waals surface area (Å²) in [5.74, 6) is -0.102. The van der Waals surface area contributed by atoms with Crippen LogP contribution >= 0.6 is 0 Å². The Morgan fingerprint density at radius 3 is 2.30 bits per heavy atom. The fourth-order valence-electron chi connectivity index (χ4n) is 2.56. The van der Waals surface area contributed by atoms with Gasteiger partial charge in [-0.3, -0.25) is 0 Å². The van der Waals surface area contributed by atoms with Crippen LogP contribution in [-0.2, 0) is 10.0 Å². The van der Waals surface area contributed by atoms with Crippen molar-refractivity contribution in [1.29, 1.82) is 0 Å². The third-order valence-electron chi connectivity index (χ3n) is 3.74. The topological polar surface area (TPSA) is 92.4 Å². The largest absolute Gasteiger partial charge is 0.506 e. The molecule has 5 nitrogen and oxygen atoms in total. The molecule has 0 heterocycles. The summed E-state index contributed by atoms with van der Waals surface area (Å²) in [7, 11) is -3.57. The van der Waals surface area contributed by atoms with Gasteiger partial charge >= 0.3 is 0 Å². The highest BCUT2D eigenvalue weighted by Gasteiger charge is 2.21. The van der Waals surface area contributed by atoms with Gasteiger partial charge in [-0.2, -0.15) is 0 Å². The van der Waals surface area contributed by atoms with Crippen molar-refractivity contribution in [3.63, 3.8) is 0 Å². The predicted octanol–water partition coefficient (Wildman–Crippen LogP) is 2.37. The first kappa shape index (κ1) is 15.1.